The molecular weight excluding hydrogens is 496 g/mol. The number of aliphatic hydroxyl groups is 4. The van der Waals surface area contributed by atoms with Gasteiger partial charge in [0.25, 0.3) is 0 Å². The summed E-state index contributed by atoms with van der Waals surface area (Å²) in [4.78, 5) is 27.5. The molecule has 7 nitrogen and oxygen atoms in total. The van der Waals surface area contributed by atoms with Gasteiger partial charge in [-0.15, -0.1) is 0 Å². The molecule has 2 saturated carbocycles. The molecule has 2 bridgehead atoms. The van der Waals surface area contributed by atoms with Crippen molar-refractivity contribution in [2.24, 2.45) is 28.6 Å². The molecule has 4 N–H and O–H groups in total. The van der Waals surface area contributed by atoms with E-state index in [-0.39, 0.29) is 23.2 Å². The molecular formula is C32H50O7. The Hall–Kier alpha value is -1.54. The van der Waals surface area contributed by atoms with Crippen LogP contribution in [-0.2, 0) is 14.3 Å². The van der Waals surface area contributed by atoms with Gasteiger partial charge in [0.2, 0.25) is 0 Å². The molecule has 7 heteroatoms. The number of ketones is 1. The number of allylic oxidation sites excluding steroid dienone is 1. The van der Waals surface area contributed by atoms with E-state index >= 15 is 0 Å². The molecule has 0 amide bonds. The van der Waals surface area contributed by atoms with E-state index in [4.69, 9.17) is 4.74 Å². The van der Waals surface area contributed by atoms with Crippen LogP contribution in [0.2, 0.25) is 0 Å². The number of rotatable bonds is 12. The number of fused-ring (bicyclic) bond motifs is 3. The maximum absolute atomic E-state index is 14.4. The molecule has 0 aromatic heterocycles. The number of Topliss-reactive ketones (excluding diaryl/α,β-unsaturated/α-hetero) is 1. The standard InChI is InChI=1S/C32H50O7/c1-6-7-8-9-10-11-12-13-14-15-24(34)39-31-18-21(3)30-17-20(2)26(35)32(30,38)27(36)22(19-33)16-23(28(30)37)25(31)29(31,4)5/h16-17,21,23,25-27,33,35-36,38H,6-15,18-19H2,1-5H3/t21-,23+,25-,26+,27?,30+,31+,32-/m1/s1. The summed E-state index contributed by atoms with van der Waals surface area (Å²) in [5.41, 5.74) is -4.64. The van der Waals surface area contributed by atoms with Crippen LogP contribution in [0, 0.1) is 28.6 Å². The van der Waals surface area contributed by atoms with Crippen molar-refractivity contribution in [2.75, 3.05) is 6.61 Å². The van der Waals surface area contributed by atoms with Crippen molar-refractivity contribution in [3.05, 3.63) is 23.3 Å². The van der Waals surface area contributed by atoms with Crippen LogP contribution >= 0.6 is 0 Å². The van der Waals surface area contributed by atoms with Gasteiger partial charge in [-0.2, -0.15) is 0 Å². The number of unbranched alkanes of at least 4 members (excludes halogenated alkanes) is 8. The van der Waals surface area contributed by atoms with Crippen LogP contribution in [-0.4, -0.2) is 62.2 Å². The molecule has 220 valence electrons. The SMILES string of the molecule is CCCCCCCCCCCC(=O)O[C@@]12C[C@@H](C)[C@]34C=C(C)[C@H](O)[C@@]3(O)C(O)C(CO)=C[C@H](C4=O)[C@@H]1C2(C)C. The van der Waals surface area contributed by atoms with Gasteiger partial charge in [0, 0.05) is 23.7 Å². The number of hydrogen-bond acceptors (Lipinski definition) is 7. The summed E-state index contributed by atoms with van der Waals surface area (Å²) in [6.45, 7) is 9.16. The Morgan fingerprint density at radius 3 is 2.21 bits per heavy atom. The van der Waals surface area contributed by atoms with Crippen molar-refractivity contribution < 1.29 is 34.8 Å². The van der Waals surface area contributed by atoms with E-state index in [1.165, 1.54) is 38.5 Å². The van der Waals surface area contributed by atoms with Crippen LogP contribution in [0.1, 0.15) is 105 Å². The Morgan fingerprint density at radius 2 is 1.62 bits per heavy atom. The zero-order valence-electron chi connectivity index (χ0n) is 24.5. The van der Waals surface area contributed by atoms with E-state index in [0.29, 0.717) is 18.4 Å². The highest BCUT2D eigenvalue weighted by molar-refractivity contribution is 5.95. The van der Waals surface area contributed by atoms with E-state index in [2.05, 4.69) is 6.92 Å². The van der Waals surface area contributed by atoms with E-state index in [0.717, 1.165) is 19.3 Å². The van der Waals surface area contributed by atoms with E-state index < -0.39 is 52.7 Å². The molecule has 8 atom stereocenters. The lowest BCUT2D eigenvalue weighted by Crippen LogP contribution is -2.65. The first kappa shape index (κ1) is 30.4. The first-order chi connectivity index (χ1) is 18.4. The summed E-state index contributed by atoms with van der Waals surface area (Å²) in [6, 6.07) is 0. The van der Waals surface area contributed by atoms with Gasteiger partial charge in [-0.05, 0) is 36.8 Å². The normalized spacial score (nSPS) is 40.1. The van der Waals surface area contributed by atoms with Gasteiger partial charge in [-0.3, -0.25) is 9.59 Å². The summed E-state index contributed by atoms with van der Waals surface area (Å²) in [6.07, 6.45) is 11.2. The molecule has 0 heterocycles. The van der Waals surface area contributed by atoms with Crippen LogP contribution < -0.4 is 0 Å². The van der Waals surface area contributed by atoms with Crippen LogP contribution in [0.15, 0.2) is 23.3 Å². The van der Waals surface area contributed by atoms with Gasteiger partial charge in [0.1, 0.15) is 23.4 Å². The summed E-state index contributed by atoms with van der Waals surface area (Å²) in [5.74, 6) is -2.21. The molecule has 0 saturated heterocycles. The molecule has 1 spiro atoms. The zero-order chi connectivity index (χ0) is 28.8. The minimum absolute atomic E-state index is 0.117. The summed E-state index contributed by atoms with van der Waals surface area (Å²) >= 11 is 0. The zero-order valence-corrected chi connectivity index (χ0v) is 24.5. The van der Waals surface area contributed by atoms with Crippen molar-refractivity contribution in [3.8, 4) is 0 Å². The lowest BCUT2D eigenvalue weighted by Gasteiger charge is -2.48. The molecule has 4 aliphatic carbocycles. The second kappa shape index (κ2) is 11.0. The van der Waals surface area contributed by atoms with E-state index in [1.807, 2.05) is 20.8 Å². The predicted octanol–water partition coefficient (Wildman–Crippen LogP) is 4.40. The fourth-order valence-electron chi connectivity index (χ4n) is 8.56. The maximum atomic E-state index is 14.4. The highest BCUT2D eigenvalue weighted by atomic mass is 16.6. The van der Waals surface area contributed by atoms with E-state index in [1.54, 1.807) is 19.1 Å². The van der Waals surface area contributed by atoms with Crippen molar-refractivity contribution in [1.82, 2.24) is 0 Å². The van der Waals surface area contributed by atoms with E-state index in [9.17, 15) is 30.0 Å². The Bertz CT molecular complexity index is 1010. The highest BCUT2D eigenvalue weighted by Crippen LogP contribution is 2.75. The van der Waals surface area contributed by atoms with Gasteiger partial charge >= 0.3 is 5.97 Å². The maximum Gasteiger partial charge on any atom is 0.306 e. The lowest BCUT2D eigenvalue weighted by atomic mass is 9.59. The highest BCUT2D eigenvalue weighted by Gasteiger charge is 2.83. The average molecular weight is 547 g/mol. The first-order valence-electron chi connectivity index (χ1n) is 15.2. The van der Waals surface area contributed by atoms with Gasteiger partial charge in [-0.1, -0.05) is 91.2 Å². The number of ether oxygens (including phenoxy) is 1. The third-order valence-corrected chi connectivity index (χ3v) is 10.8. The van der Waals surface area contributed by atoms with Gasteiger partial charge in [0.15, 0.2) is 5.78 Å². The molecule has 1 unspecified atom stereocenters. The van der Waals surface area contributed by atoms with Crippen molar-refractivity contribution in [2.45, 2.75) is 129 Å². The molecule has 4 rings (SSSR count). The number of carbonyl (C=O) groups is 2. The largest absolute Gasteiger partial charge is 0.458 e. The van der Waals surface area contributed by atoms with Gasteiger partial charge < -0.3 is 25.2 Å². The van der Waals surface area contributed by atoms with Crippen molar-refractivity contribution in [1.29, 1.82) is 0 Å². The molecule has 2 fully saturated rings. The van der Waals surface area contributed by atoms with Crippen LogP contribution in [0.3, 0.4) is 0 Å². The van der Waals surface area contributed by atoms with Gasteiger partial charge in [0.05, 0.1) is 12.0 Å². The molecule has 39 heavy (non-hydrogen) atoms. The predicted molar refractivity (Wildman–Crippen MR) is 149 cm³/mol. The summed E-state index contributed by atoms with van der Waals surface area (Å²) in [5, 5.41) is 44.5. The monoisotopic (exact) mass is 546 g/mol. The number of esters is 1. The Morgan fingerprint density at radius 1 is 1.03 bits per heavy atom. The lowest BCUT2D eigenvalue weighted by molar-refractivity contribution is -0.191. The quantitative estimate of drug-likeness (QED) is 0.162. The molecule has 0 aliphatic heterocycles. The van der Waals surface area contributed by atoms with Crippen molar-refractivity contribution in [3.63, 3.8) is 0 Å². The molecule has 0 aromatic carbocycles. The fraction of sp³-hybridized carbons (Fsp3) is 0.812. The fourth-order valence-corrected chi connectivity index (χ4v) is 8.56. The minimum atomic E-state index is -2.21. The molecule has 0 aromatic rings. The van der Waals surface area contributed by atoms with Crippen LogP contribution in [0.25, 0.3) is 0 Å². The number of carbonyl (C=O) groups excluding carboxylic acids is 2. The second-order valence-corrected chi connectivity index (χ2v) is 13.4. The third-order valence-electron chi connectivity index (χ3n) is 10.8. The smallest absolute Gasteiger partial charge is 0.306 e. The van der Waals surface area contributed by atoms with Gasteiger partial charge in [-0.25, -0.2) is 0 Å². The third kappa shape index (κ3) is 4.47. The second-order valence-electron chi connectivity index (χ2n) is 13.4. The Balaban J connectivity index is 1.53. The first-order valence-corrected chi connectivity index (χ1v) is 15.2. The number of hydrogen-bond donors (Lipinski definition) is 4. The Kier molecular flexibility index (Phi) is 8.61. The number of aliphatic hydroxyl groups excluding tert-OH is 3. The van der Waals surface area contributed by atoms with Crippen molar-refractivity contribution >= 4 is 11.8 Å². The average Bonchev–Trinajstić information content (AvgIpc) is 3.30. The molecule has 0 radical (unpaired) electrons. The summed E-state index contributed by atoms with van der Waals surface area (Å²) < 4.78 is 6.31. The van der Waals surface area contributed by atoms with Crippen LogP contribution in [0.4, 0.5) is 0 Å². The summed E-state index contributed by atoms with van der Waals surface area (Å²) in [7, 11) is 0. The topological polar surface area (TPSA) is 124 Å². The minimum Gasteiger partial charge on any atom is -0.458 e. The molecule has 4 aliphatic rings. The van der Waals surface area contributed by atoms with Crippen LogP contribution in [0.5, 0.6) is 0 Å². The Labute approximate surface area is 233 Å².